The third kappa shape index (κ3) is 3.55. The predicted molar refractivity (Wildman–Crippen MR) is 84.4 cm³/mol. The molecule has 9 nitrogen and oxygen atoms in total. The van der Waals surface area contributed by atoms with Gasteiger partial charge in [0.15, 0.2) is 0 Å². The molecule has 2 aliphatic heterocycles. The van der Waals surface area contributed by atoms with Crippen LogP contribution in [0.15, 0.2) is 21.6 Å². The number of carbonyl (C=O) groups is 2. The van der Waals surface area contributed by atoms with Gasteiger partial charge < -0.3 is 13.9 Å². The van der Waals surface area contributed by atoms with Gasteiger partial charge in [0.05, 0.1) is 13.2 Å². The quantitative estimate of drug-likeness (QED) is 0.669. The number of carbonyl (C=O) groups excluding carboxylic acids is 2. The van der Waals surface area contributed by atoms with Crippen molar-refractivity contribution >= 4 is 22.0 Å². The largest absolute Gasteiger partial charge is 0.464 e. The molecule has 0 spiro atoms. The summed E-state index contributed by atoms with van der Waals surface area (Å²) in [4.78, 5) is 25.2. The number of ether oxygens (including phenoxy) is 2. The summed E-state index contributed by atoms with van der Waals surface area (Å²) in [5, 5.41) is -0.288. The molecule has 0 radical (unpaired) electrons. The Kier molecular flexibility index (Phi) is 5.11. The Hall–Kier alpha value is -1.91. The molecule has 25 heavy (non-hydrogen) atoms. The number of cyclic esters (lactones) is 1. The summed E-state index contributed by atoms with van der Waals surface area (Å²) in [6.45, 7) is 3.58. The SMILES string of the molecule is CCOC(=O)c1ccc(S(=O)(=O)N2CCN(C3CCOC3=O)CC2)o1. The zero-order chi connectivity index (χ0) is 18.0. The maximum Gasteiger partial charge on any atom is 0.374 e. The van der Waals surface area contributed by atoms with Crippen molar-refractivity contribution in [3.63, 3.8) is 0 Å². The van der Waals surface area contributed by atoms with Gasteiger partial charge in [-0.3, -0.25) is 9.69 Å². The summed E-state index contributed by atoms with van der Waals surface area (Å²) in [7, 11) is -3.83. The van der Waals surface area contributed by atoms with Crippen LogP contribution in [0, 0.1) is 0 Å². The van der Waals surface area contributed by atoms with E-state index >= 15 is 0 Å². The second-order valence-electron chi connectivity index (χ2n) is 5.75. The predicted octanol–water partition coefficient (Wildman–Crippen LogP) is 0.0781. The molecule has 3 rings (SSSR count). The molecule has 0 aromatic carbocycles. The molecular formula is C15H20N2O7S. The molecule has 0 bridgehead atoms. The highest BCUT2D eigenvalue weighted by atomic mass is 32.2. The van der Waals surface area contributed by atoms with Crippen molar-refractivity contribution in [2.45, 2.75) is 24.5 Å². The normalized spacial score (nSPS) is 22.8. The fraction of sp³-hybridized carbons (Fsp3) is 0.600. The molecule has 2 fully saturated rings. The van der Waals surface area contributed by atoms with Crippen LogP contribution in [0.2, 0.25) is 0 Å². The Morgan fingerprint density at radius 3 is 2.60 bits per heavy atom. The van der Waals surface area contributed by atoms with E-state index in [2.05, 4.69) is 0 Å². The second-order valence-corrected chi connectivity index (χ2v) is 7.62. The van der Waals surface area contributed by atoms with E-state index in [4.69, 9.17) is 13.9 Å². The van der Waals surface area contributed by atoms with E-state index in [1.807, 2.05) is 4.90 Å². The Balaban J connectivity index is 1.66. The monoisotopic (exact) mass is 372 g/mol. The lowest BCUT2D eigenvalue weighted by molar-refractivity contribution is -0.142. The van der Waals surface area contributed by atoms with Crippen LogP contribution in [0.1, 0.15) is 23.9 Å². The van der Waals surface area contributed by atoms with Gasteiger partial charge in [-0.05, 0) is 19.1 Å². The topological polar surface area (TPSA) is 106 Å². The van der Waals surface area contributed by atoms with Crippen LogP contribution in [-0.4, -0.2) is 75.0 Å². The van der Waals surface area contributed by atoms with Crippen LogP contribution < -0.4 is 0 Å². The number of rotatable bonds is 5. The smallest absolute Gasteiger partial charge is 0.374 e. The molecule has 2 saturated heterocycles. The molecule has 0 saturated carbocycles. The first-order valence-corrected chi connectivity index (χ1v) is 9.55. The highest BCUT2D eigenvalue weighted by Crippen LogP contribution is 2.23. The molecule has 138 valence electrons. The molecular weight excluding hydrogens is 352 g/mol. The average Bonchev–Trinajstić information content (AvgIpc) is 3.24. The number of sulfonamides is 1. The Morgan fingerprint density at radius 1 is 1.28 bits per heavy atom. The first kappa shape index (κ1) is 17.9. The van der Waals surface area contributed by atoms with Crippen molar-refractivity contribution in [3.8, 4) is 0 Å². The van der Waals surface area contributed by atoms with Crippen LogP contribution >= 0.6 is 0 Å². The first-order chi connectivity index (χ1) is 11.9. The summed E-state index contributed by atoms with van der Waals surface area (Å²) in [6, 6.07) is 2.25. The van der Waals surface area contributed by atoms with Crippen molar-refractivity contribution < 1.29 is 31.9 Å². The number of esters is 2. The van der Waals surface area contributed by atoms with E-state index in [-0.39, 0.29) is 42.6 Å². The van der Waals surface area contributed by atoms with Gasteiger partial charge in [0.1, 0.15) is 6.04 Å². The highest BCUT2D eigenvalue weighted by molar-refractivity contribution is 7.89. The number of furan rings is 1. The molecule has 0 aliphatic carbocycles. The maximum atomic E-state index is 12.6. The van der Waals surface area contributed by atoms with Crippen molar-refractivity contribution in [3.05, 3.63) is 17.9 Å². The standard InChI is InChI=1S/C15H20N2O7S/c1-2-22-15(19)12-3-4-13(24-12)25(20,21)17-8-6-16(7-9-17)11-5-10-23-14(11)18/h3-4,11H,2,5-10H2,1H3. The number of hydrogen-bond donors (Lipinski definition) is 0. The number of hydrogen-bond acceptors (Lipinski definition) is 8. The van der Waals surface area contributed by atoms with Crippen molar-refractivity contribution in [1.82, 2.24) is 9.21 Å². The minimum Gasteiger partial charge on any atom is -0.464 e. The van der Waals surface area contributed by atoms with E-state index in [1.165, 1.54) is 16.4 Å². The van der Waals surface area contributed by atoms with Crippen LogP contribution in [-0.2, 0) is 24.3 Å². The van der Waals surface area contributed by atoms with E-state index in [1.54, 1.807) is 6.92 Å². The zero-order valence-electron chi connectivity index (χ0n) is 13.8. The van der Waals surface area contributed by atoms with Crippen LogP contribution in [0.25, 0.3) is 0 Å². The van der Waals surface area contributed by atoms with Gasteiger partial charge in [0.2, 0.25) is 10.9 Å². The molecule has 0 N–H and O–H groups in total. The van der Waals surface area contributed by atoms with Gasteiger partial charge in [0.25, 0.3) is 10.0 Å². The molecule has 0 amide bonds. The average molecular weight is 372 g/mol. The van der Waals surface area contributed by atoms with Crippen LogP contribution in [0.3, 0.4) is 0 Å². The van der Waals surface area contributed by atoms with E-state index in [9.17, 15) is 18.0 Å². The van der Waals surface area contributed by atoms with E-state index < -0.39 is 16.0 Å². The van der Waals surface area contributed by atoms with Crippen molar-refractivity contribution in [2.75, 3.05) is 39.4 Å². The molecule has 1 aromatic heterocycles. The minimum absolute atomic E-state index is 0.146. The summed E-state index contributed by atoms with van der Waals surface area (Å²) >= 11 is 0. The van der Waals surface area contributed by atoms with E-state index in [0.29, 0.717) is 26.1 Å². The molecule has 1 atom stereocenters. The molecule has 1 unspecified atom stereocenters. The third-order valence-electron chi connectivity index (χ3n) is 4.27. The Labute approximate surface area is 145 Å². The lowest BCUT2D eigenvalue weighted by atomic mass is 10.2. The summed E-state index contributed by atoms with van der Waals surface area (Å²) in [6.07, 6.45) is 0.632. The molecule has 10 heteroatoms. The fourth-order valence-corrected chi connectivity index (χ4v) is 4.30. The summed E-state index contributed by atoms with van der Waals surface area (Å²) in [5.74, 6) is -1.09. The van der Waals surface area contributed by atoms with Crippen molar-refractivity contribution in [2.24, 2.45) is 0 Å². The van der Waals surface area contributed by atoms with Gasteiger partial charge in [-0.15, -0.1) is 0 Å². The Morgan fingerprint density at radius 2 is 2.00 bits per heavy atom. The highest BCUT2D eigenvalue weighted by Gasteiger charge is 2.37. The number of piperazine rings is 1. The molecule has 1 aromatic rings. The molecule has 2 aliphatic rings. The zero-order valence-corrected chi connectivity index (χ0v) is 14.7. The van der Waals surface area contributed by atoms with E-state index in [0.717, 1.165) is 0 Å². The number of nitrogens with zero attached hydrogens (tertiary/aromatic N) is 2. The minimum atomic E-state index is -3.83. The Bertz CT molecular complexity index is 750. The van der Waals surface area contributed by atoms with Gasteiger partial charge >= 0.3 is 11.9 Å². The van der Waals surface area contributed by atoms with Gasteiger partial charge in [0, 0.05) is 32.6 Å². The van der Waals surface area contributed by atoms with Crippen molar-refractivity contribution in [1.29, 1.82) is 0 Å². The maximum absolute atomic E-state index is 12.6. The fourth-order valence-electron chi connectivity index (χ4n) is 2.97. The van der Waals surface area contributed by atoms with Gasteiger partial charge in [-0.1, -0.05) is 0 Å². The summed E-state index contributed by atoms with van der Waals surface area (Å²) in [5.41, 5.74) is 0. The van der Waals surface area contributed by atoms with Gasteiger partial charge in [-0.25, -0.2) is 13.2 Å². The third-order valence-corrected chi connectivity index (χ3v) is 6.05. The lowest BCUT2D eigenvalue weighted by Gasteiger charge is -2.35. The lowest BCUT2D eigenvalue weighted by Crippen LogP contribution is -2.52. The molecule has 3 heterocycles. The van der Waals surface area contributed by atoms with Crippen LogP contribution in [0.5, 0.6) is 0 Å². The first-order valence-electron chi connectivity index (χ1n) is 8.11. The second kappa shape index (κ2) is 7.14. The van der Waals surface area contributed by atoms with Crippen LogP contribution in [0.4, 0.5) is 0 Å². The van der Waals surface area contributed by atoms with Gasteiger partial charge in [-0.2, -0.15) is 4.31 Å². The summed E-state index contributed by atoms with van der Waals surface area (Å²) < 4.78 is 41.5.